The molecule has 94 valence electrons. The summed E-state index contributed by atoms with van der Waals surface area (Å²) in [6.45, 7) is -0.0806. The minimum absolute atomic E-state index is 0.0806. The standard InChI is InChI=1S/C9H12ClN3O3S/c10-8-6(2-1-3-7(8)11)9(14)13-4-5-17(12,15)16/h1-3H,4-5,11H2,(H,13,14)(H2,12,15,16). The molecule has 0 aliphatic heterocycles. The van der Waals surface area contributed by atoms with E-state index in [2.05, 4.69) is 5.32 Å². The average molecular weight is 278 g/mol. The summed E-state index contributed by atoms with van der Waals surface area (Å²) in [6.07, 6.45) is 0. The molecule has 0 radical (unpaired) electrons. The lowest BCUT2D eigenvalue weighted by molar-refractivity contribution is 0.0956. The van der Waals surface area contributed by atoms with Gasteiger partial charge in [-0.05, 0) is 12.1 Å². The van der Waals surface area contributed by atoms with Crippen LogP contribution in [0.3, 0.4) is 0 Å². The molecule has 0 fully saturated rings. The zero-order valence-corrected chi connectivity index (χ0v) is 10.4. The average Bonchev–Trinajstić information content (AvgIpc) is 2.20. The van der Waals surface area contributed by atoms with Gasteiger partial charge in [0.15, 0.2) is 0 Å². The van der Waals surface area contributed by atoms with E-state index in [1.807, 2.05) is 0 Å². The Morgan fingerprint density at radius 3 is 2.65 bits per heavy atom. The zero-order chi connectivity index (χ0) is 13.1. The summed E-state index contributed by atoms with van der Waals surface area (Å²) in [5.41, 5.74) is 6.01. The van der Waals surface area contributed by atoms with Gasteiger partial charge in [0, 0.05) is 6.54 Å². The molecule has 0 unspecified atom stereocenters. The van der Waals surface area contributed by atoms with Crippen molar-refractivity contribution in [3.05, 3.63) is 28.8 Å². The highest BCUT2D eigenvalue weighted by atomic mass is 35.5. The van der Waals surface area contributed by atoms with Crippen LogP contribution in [0.15, 0.2) is 18.2 Å². The molecule has 0 bridgehead atoms. The van der Waals surface area contributed by atoms with Gasteiger partial charge in [0.25, 0.3) is 5.91 Å². The van der Waals surface area contributed by atoms with Crippen LogP contribution in [-0.2, 0) is 10.0 Å². The molecule has 0 saturated heterocycles. The minimum atomic E-state index is -3.59. The van der Waals surface area contributed by atoms with E-state index >= 15 is 0 Å². The fourth-order valence-electron chi connectivity index (χ4n) is 1.13. The van der Waals surface area contributed by atoms with Crippen molar-refractivity contribution >= 4 is 33.2 Å². The van der Waals surface area contributed by atoms with Gasteiger partial charge in [-0.3, -0.25) is 4.79 Å². The predicted molar refractivity (Wildman–Crippen MR) is 66.2 cm³/mol. The molecule has 1 aromatic rings. The molecule has 6 nitrogen and oxygen atoms in total. The Morgan fingerprint density at radius 1 is 1.41 bits per heavy atom. The number of sulfonamides is 1. The van der Waals surface area contributed by atoms with Crippen molar-refractivity contribution in [2.45, 2.75) is 0 Å². The van der Waals surface area contributed by atoms with E-state index < -0.39 is 15.9 Å². The number of hydrogen-bond acceptors (Lipinski definition) is 4. The first kappa shape index (κ1) is 13.8. The second-order valence-corrected chi connectivity index (χ2v) is 5.44. The fraction of sp³-hybridized carbons (Fsp3) is 0.222. The molecule has 5 N–H and O–H groups in total. The van der Waals surface area contributed by atoms with E-state index in [0.29, 0.717) is 0 Å². The van der Waals surface area contributed by atoms with Gasteiger partial charge < -0.3 is 11.1 Å². The molecule has 0 aliphatic carbocycles. The van der Waals surface area contributed by atoms with Crippen molar-refractivity contribution in [2.24, 2.45) is 5.14 Å². The van der Waals surface area contributed by atoms with Crippen LogP contribution in [0.25, 0.3) is 0 Å². The normalized spacial score (nSPS) is 11.2. The minimum Gasteiger partial charge on any atom is -0.398 e. The summed E-state index contributed by atoms with van der Waals surface area (Å²) in [4.78, 5) is 11.6. The summed E-state index contributed by atoms with van der Waals surface area (Å²) in [6, 6.07) is 4.63. The van der Waals surface area contributed by atoms with E-state index in [1.54, 1.807) is 12.1 Å². The summed E-state index contributed by atoms with van der Waals surface area (Å²) in [5, 5.41) is 7.31. The Kier molecular flexibility index (Phi) is 4.33. The number of carbonyl (C=O) groups is 1. The topological polar surface area (TPSA) is 115 Å². The number of carbonyl (C=O) groups excluding carboxylic acids is 1. The highest BCUT2D eigenvalue weighted by Gasteiger charge is 2.12. The maximum Gasteiger partial charge on any atom is 0.252 e. The molecule has 1 rings (SSSR count). The number of rotatable bonds is 4. The van der Waals surface area contributed by atoms with Gasteiger partial charge in [0.2, 0.25) is 10.0 Å². The van der Waals surface area contributed by atoms with Crippen molar-refractivity contribution in [1.82, 2.24) is 5.32 Å². The molecule has 0 aliphatic rings. The maximum atomic E-state index is 11.6. The molecule has 0 spiro atoms. The third-order valence-electron chi connectivity index (χ3n) is 1.95. The van der Waals surface area contributed by atoms with E-state index in [-0.39, 0.29) is 28.6 Å². The second-order valence-electron chi connectivity index (χ2n) is 3.33. The lowest BCUT2D eigenvalue weighted by Crippen LogP contribution is -2.31. The molecule has 1 aromatic carbocycles. The first-order valence-electron chi connectivity index (χ1n) is 4.64. The molecule has 8 heteroatoms. The third kappa shape index (κ3) is 4.22. The van der Waals surface area contributed by atoms with Crippen LogP contribution >= 0.6 is 11.6 Å². The van der Waals surface area contributed by atoms with Crippen molar-refractivity contribution < 1.29 is 13.2 Å². The van der Waals surface area contributed by atoms with Gasteiger partial charge in [-0.15, -0.1) is 0 Å². The third-order valence-corrected chi connectivity index (χ3v) is 3.14. The van der Waals surface area contributed by atoms with E-state index in [0.717, 1.165) is 0 Å². The summed E-state index contributed by atoms with van der Waals surface area (Å²) < 4.78 is 21.3. The molecule has 17 heavy (non-hydrogen) atoms. The molecule has 0 saturated carbocycles. The molecular formula is C9H12ClN3O3S. The maximum absolute atomic E-state index is 11.6. The van der Waals surface area contributed by atoms with Crippen molar-refractivity contribution in [1.29, 1.82) is 0 Å². The van der Waals surface area contributed by atoms with Crippen LogP contribution in [-0.4, -0.2) is 26.6 Å². The lowest BCUT2D eigenvalue weighted by Gasteiger charge is -2.07. The number of benzene rings is 1. The monoisotopic (exact) mass is 277 g/mol. The van der Waals surface area contributed by atoms with E-state index in [1.165, 1.54) is 6.07 Å². The van der Waals surface area contributed by atoms with Gasteiger partial charge >= 0.3 is 0 Å². The molecule has 0 aromatic heterocycles. The first-order valence-corrected chi connectivity index (χ1v) is 6.73. The molecule has 0 atom stereocenters. The zero-order valence-electron chi connectivity index (χ0n) is 8.81. The first-order chi connectivity index (χ1) is 7.81. The number of amides is 1. The number of primary sulfonamides is 1. The van der Waals surface area contributed by atoms with Gasteiger partial charge in [-0.25, -0.2) is 13.6 Å². The summed E-state index contributed by atoms with van der Waals surface area (Å²) in [7, 11) is -3.59. The van der Waals surface area contributed by atoms with Gasteiger partial charge in [-0.2, -0.15) is 0 Å². The Labute approximate surface area is 104 Å². The smallest absolute Gasteiger partial charge is 0.252 e. The molecule has 1 amide bonds. The number of nitrogens with one attached hydrogen (secondary N) is 1. The largest absolute Gasteiger partial charge is 0.398 e. The molecular weight excluding hydrogens is 266 g/mol. The van der Waals surface area contributed by atoms with Crippen LogP contribution in [0, 0.1) is 0 Å². The van der Waals surface area contributed by atoms with E-state index in [9.17, 15) is 13.2 Å². The van der Waals surface area contributed by atoms with Gasteiger partial charge in [0.1, 0.15) is 0 Å². The number of hydrogen-bond donors (Lipinski definition) is 3. The van der Waals surface area contributed by atoms with E-state index in [4.69, 9.17) is 22.5 Å². The number of halogens is 1. The Morgan fingerprint density at radius 2 is 2.06 bits per heavy atom. The quantitative estimate of drug-likeness (QED) is 0.669. The fourth-order valence-corrected chi connectivity index (χ4v) is 1.73. The SMILES string of the molecule is Nc1cccc(C(=O)NCCS(N)(=O)=O)c1Cl. The number of anilines is 1. The highest BCUT2D eigenvalue weighted by Crippen LogP contribution is 2.22. The lowest BCUT2D eigenvalue weighted by atomic mass is 10.2. The summed E-state index contributed by atoms with van der Waals surface area (Å²) in [5.74, 6) is -0.829. The van der Waals surface area contributed by atoms with Crippen molar-refractivity contribution in [3.63, 3.8) is 0 Å². The van der Waals surface area contributed by atoms with Crippen molar-refractivity contribution in [2.75, 3.05) is 18.0 Å². The van der Waals surface area contributed by atoms with Crippen LogP contribution in [0.4, 0.5) is 5.69 Å². The van der Waals surface area contributed by atoms with Crippen LogP contribution < -0.4 is 16.2 Å². The van der Waals surface area contributed by atoms with Gasteiger partial charge in [0.05, 0.1) is 22.0 Å². The van der Waals surface area contributed by atoms with Crippen LogP contribution in [0.5, 0.6) is 0 Å². The van der Waals surface area contributed by atoms with Gasteiger partial charge in [-0.1, -0.05) is 17.7 Å². The number of nitrogens with two attached hydrogens (primary N) is 2. The second kappa shape index (κ2) is 5.35. The number of nitrogen functional groups attached to an aromatic ring is 1. The highest BCUT2D eigenvalue weighted by molar-refractivity contribution is 7.89. The summed E-state index contributed by atoms with van der Waals surface area (Å²) >= 11 is 5.83. The van der Waals surface area contributed by atoms with Crippen molar-refractivity contribution in [3.8, 4) is 0 Å². The Bertz CT molecular complexity index is 530. The predicted octanol–water partition coefficient (Wildman–Crippen LogP) is -0.0595. The Hall–Kier alpha value is -1.31. The van der Waals surface area contributed by atoms with Crippen LogP contribution in [0.1, 0.15) is 10.4 Å². The molecule has 0 heterocycles. The Balaban J connectivity index is 2.68. The van der Waals surface area contributed by atoms with Crippen LogP contribution in [0.2, 0.25) is 5.02 Å².